The van der Waals surface area contributed by atoms with Gasteiger partial charge in [0.15, 0.2) is 0 Å². The fourth-order valence-electron chi connectivity index (χ4n) is 1.33. The van der Waals surface area contributed by atoms with Crippen LogP contribution in [0, 0.1) is 0 Å². The normalized spacial score (nSPS) is 11.0. The van der Waals surface area contributed by atoms with Crippen molar-refractivity contribution >= 4 is 22.1 Å². The lowest BCUT2D eigenvalue weighted by molar-refractivity contribution is 0.0494. The van der Waals surface area contributed by atoms with Gasteiger partial charge in [-0.05, 0) is 18.6 Å². The Morgan fingerprint density at radius 1 is 1.21 bits per heavy atom. The van der Waals surface area contributed by atoms with E-state index in [9.17, 15) is 22.6 Å². The summed E-state index contributed by atoms with van der Waals surface area (Å²) in [6.45, 7) is -0.270. The summed E-state index contributed by atoms with van der Waals surface area (Å²) in [5, 5.41) is 8.86. The number of hydrogen-bond acceptors (Lipinski definition) is 6. The van der Waals surface area contributed by atoms with Crippen LogP contribution in [0.3, 0.4) is 0 Å². The number of carboxylic acid groups (broad SMARTS) is 1. The number of hydrogen-bond donors (Lipinski definition) is 1. The lowest BCUT2D eigenvalue weighted by atomic mass is 10.1. The number of carbonyl (C=O) groups excluding carboxylic acids is 1. The van der Waals surface area contributed by atoms with Crippen molar-refractivity contribution in [2.24, 2.45) is 0 Å². The molecule has 0 unspecified atom stereocenters. The van der Waals surface area contributed by atoms with Crippen LogP contribution in [0.5, 0.6) is 0 Å². The summed E-state index contributed by atoms with van der Waals surface area (Å²) in [5.74, 6) is -2.78. The minimum atomic E-state index is -4.34. The highest BCUT2D eigenvalue weighted by molar-refractivity contribution is 7.85. The van der Waals surface area contributed by atoms with Gasteiger partial charge in [0, 0.05) is 5.75 Å². The molecule has 0 aromatic heterocycles. The van der Waals surface area contributed by atoms with Crippen molar-refractivity contribution < 1.29 is 32.4 Å². The number of esters is 1. The number of rotatable bonds is 6. The second kappa shape index (κ2) is 6.30. The van der Waals surface area contributed by atoms with E-state index in [2.05, 4.69) is 0 Å². The highest BCUT2D eigenvalue weighted by Gasteiger charge is 2.16. The Kier molecular flexibility index (Phi) is 5.02. The Bertz CT molecular complexity index is 576. The Balaban J connectivity index is 2.62. The summed E-state index contributed by atoms with van der Waals surface area (Å²) in [7, 11) is -4.34. The molecule has 0 saturated carbocycles. The summed E-state index contributed by atoms with van der Waals surface area (Å²) >= 11 is 0. The molecule has 0 heterocycles. The zero-order valence-corrected chi connectivity index (χ0v) is 10.6. The number of benzene rings is 1. The van der Waals surface area contributed by atoms with E-state index in [-0.39, 0.29) is 24.2 Å². The first-order valence-electron chi connectivity index (χ1n) is 5.24. The van der Waals surface area contributed by atoms with Crippen LogP contribution in [0.15, 0.2) is 24.3 Å². The van der Waals surface area contributed by atoms with E-state index in [4.69, 9.17) is 9.84 Å². The van der Waals surface area contributed by atoms with E-state index in [1.54, 1.807) is 0 Å². The number of aromatic carboxylic acids is 1. The van der Waals surface area contributed by atoms with Crippen molar-refractivity contribution in [3.63, 3.8) is 0 Å². The zero-order chi connectivity index (χ0) is 14.5. The van der Waals surface area contributed by atoms with Crippen LogP contribution in [0.25, 0.3) is 0 Å². The zero-order valence-electron chi connectivity index (χ0n) is 9.74. The smallest absolute Gasteiger partial charge is 0.339 e. The fraction of sp³-hybridized carbons (Fsp3) is 0.273. The van der Waals surface area contributed by atoms with Crippen molar-refractivity contribution in [3.8, 4) is 0 Å². The molecule has 0 aliphatic heterocycles. The van der Waals surface area contributed by atoms with Gasteiger partial charge in [0.05, 0.1) is 27.9 Å². The molecule has 1 aromatic rings. The molecule has 0 bridgehead atoms. The molecule has 8 heteroatoms. The monoisotopic (exact) mass is 287 g/mol. The predicted molar refractivity (Wildman–Crippen MR) is 62.9 cm³/mol. The largest absolute Gasteiger partial charge is 0.748 e. The lowest BCUT2D eigenvalue weighted by Gasteiger charge is -2.08. The maximum Gasteiger partial charge on any atom is 0.339 e. The van der Waals surface area contributed by atoms with Crippen LogP contribution in [-0.2, 0) is 14.9 Å². The average molecular weight is 287 g/mol. The van der Waals surface area contributed by atoms with Gasteiger partial charge in [-0.15, -0.1) is 0 Å². The van der Waals surface area contributed by atoms with E-state index in [0.29, 0.717) is 0 Å². The maximum absolute atomic E-state index is 11.6. The number of ether oxygens (including phenoxy) is 1. The highest BCUT2D eigenvalue weighted by Crippen LogP contribution is 2.10. The third-order valence-electron chi connectivity index (χ3n) is 2.15. The Hall–Kier alpha value is -1.93. The number of carbonyl (C=O) groups is 2. The Morgan fingerprint density at radius 2 is 1.79 bits per heavy atom. The van der Waals surface area contributed by atoms with Gasteiger partial charge in [-0.2, -0.15) is 0 Å². The number of carboxylic acids is 1. The van der Waals surface area contributed by atoms with Gasteiger partial charge in [-0.1, -0.05) is 12.1 Å². The molecule has 19 heavy (non-hydrogen) atoms. The van der Waals surface area contributed by atoms with Gasteiger partial charge in [0.2, 0.25) is 0 Å². The summed E-state index contributed by atoms with van der Waals surface area (Å²) in [5.41, 5.74) is -0.330. The first-order chi connectivity index (χ1) is 8.81. The summed E-state index contributed by atoms with van der Waals surface area (Å²) in [6.07, 6.45) is -0.132. The van der Waals surface area contributed by atoms with Gasteiger partial charge in [0.1, 0.15) is 0 Å². The molecule has 0 saturated heterocycles. The maximum atomic E-state index is 11.6. The molecule has 0 aliphatic rings. The van der Waals surface area contributed by atoms with Gasteiger partial charge in [-0.3, -0.25) is 0 Å². The van der Waals surface area contributed by atoms with E-state index >= 15 is 0 Å². The molecule has 0 amide bonds. The van der Waals surface area contributed by atoms with Crippen molar-refractivity contribution in [1.82, 2.24) is 0 Å². The van der Waals surface area contributed by atoms with Crippen molar-refractivity contribution in [3.05, 3.63) is 35.4 Å². The summed E-state index contributed by atoms with van der Waals surface area (Å²) in [4.78, 5) is 22.4. The molecular formula is C11H11O7S-. The Labute approximate surface area is 109 Å². The second-order valence-corrected chi connectivity index (χ2v) is 5.13. The predicted octanol–water partition coefficient (Wildman–Crippen LogP) is 0.477. The van der Waals surface area contributed by atoms with E-state index in [1.165, 1.54) is 24.3 Å². The van der Waals surface area contributed by atoms with Crippen LogP contribution in [0.4, 0.5) is 0 Å². The molecule has 0 radical (unpaired) electrons. The summed E-state index contributed by atoms with van der Waals surface area (Å²) in [6, 6.07) is 5.48. The van der Waals surface area contributed by atoms with Gasteiger partial charge < -0.3 is 14.4 Å². The molecule has 1 rings (SSSR count). The minimum Gasteiger partial charge on any atom is -0.748 e. The van der Waals surface area contributed by atoms with Gasteiger partial charge >= 0.3 is 11.9 Å². The van der Waals surface area contributed by atoms with Crippen molar-refractivity contribution in [2.45, 2.75) is 6.42 Å². The quantitative estimate of drug-likeness (QED) is 0.458. The van der Waals surface area contributed by atoms with Crippen molar-refractivity contribution in [2.75, 3.05) is 12.4 Å². The van der Waals surface area contributed by atoms with E-state index < -0.39 is 27.8 Å². The molecule has 0 aliphatic carbocycles. The Morgan fingerprint density at radius 3 is 2.32 bits per heavy atom. The molecule has 7 nitrogen and oxygen atoms in total. The highest BCUT2D eigenvalue weighted by atomic mass is 32.2. The van der Waals surface area contributed by atoms with Crippen LogP contribution >= 0.6 is 0 Å². The van der Waals surface area contributed by atoms with E-state index in [1.807, 2.05) is 0 Å². The van der Waals surface area contributed by atoms with Crippen LogP contribution < -0.4 is 0 Å². The second-order valence-electron chi connectivity index (χ2n) is 3.60. The molecular weight excluding hydrogens is 276 g/mol. The molecule has 0 fully saturated rings. The first kappa shape index (κ1) is 15.1. The van der Waals surface area contributed by atoms with Crippen molar-refractivity contribution in [1.29, 1.82) is 0 Å². The fourth-order valence-corrected chi connectivity index (χ4v) is 1.80. The summed E-state index contributed by atoms with van der Waals surface area (Å²) < 4.78 is 35.7. The van der Waals surface area contributed by atoms with Gasteiger partial charge in [-0.25, -0.2) is 18.0 Å². The molecule has 1 aromatic carbocycles. The lowest BCUT2D eigenvalue weighted by Crippen LogP contribution is -2.14. The standard InChI is InChI=1S/C11H12O7S/c12-10(13)8-4-1-2-5-9(8)11(14)18-6-3-7-19(15,16)17/h1-2,4-5H,3,6-7H2,(H,12,13)(H,15,16,17)/p-1. The topological polar surface area (TPSA) is 121 Å². The first-order valence-corrected chi connectivity index (χ1v) is 6.82. The van der Waals surface area contributed by atoms with Crippen LogP contribution in [0.2, 0.25) is 0 Å². The van der Waals surface area contributed by atoms with Crippen LogP contribution in [0.1, 0.15) is 27.1 Å². The average Bonchev–Trinajstić information content (AvgIpc) is 2.33. The molecule has 0 spiro atoms. The SMILES string of the molecule is O=C(O)c1ccccc1C(=O)OCCCS(=O)(=O)[O-]. The molecule has 104 valence electrons. The third-order valence-corrected chi connectivity index (χ3v) is 2.94. The minimum absolute atomic E-state index is 0.125. The molecule has 1 N–H and O–H groups in total. The van der Waals surface area contributed by atoms with Gasteiger partial charge in [0.25, 0.3) is 0 Å². The third kappa shape index (κ3) is 5.06. The molecule has 0 atom stereocenters. The van der Waals surface area contributed by atoms with E-state index in [0.717, 1.165) is 0 Å². The van der Waals surface area contributed by atoms with Crippen LogP contribution in [-0.4, -0.2) is 42.4 Å².